The lowest BCUT2D eigenvalue weighted by Crippen LogP contribution is -2.32. The van der Waals surface area contributed by atoms with Crippen LogP contribution in [0.25, 0.3) is 0 Å². The molecule has 0 saturated heterocycles. The van der Waals surface area contributed by atoms with Gasteiger partial charge in [0.2, 0.25) is 10.0 Å². The van der Waals surface area contributed by atoms with Gasteiger partial charge in [0.1, 0.15) is 6.67 Å². The summed E-state index contributed by atoms with van der Waals surface area (Å²) in [5, 5.41) is 0. The van der Waals surface area contributed by atoms with Gasteiger partial charge < -0.3 is 4.90 Å². The Morgan fingerprint density at radius 1 is 0.783 bits per heavy atom. The van der Waals surface area contributed by atoms with E-state index in [1.54, 1.807) is 6.20 Å². The zero-order chi connectivity index (χ0) is 17.0. The minimum atomic E-state index is -3.09. The van der Waals surface area contributed by atoms with Crippen LogP contribution in [-0.4, -0.2) is 36.6 Å². The first-order valence-electron chi connectivity index (χ1n) is 9.52. The number of hydrogen-bond acceptors (Lipinski definition) is 3. The molecule has 4 nitrogen and oxygen atoms in total. The lowest BCUT2D eigenvalue weighted by atomic mass is 10.1. The quantitative estimate of drug-likeness (QED) is 0.429. The molecule has 0 N–H and O–H groups in total. The van der Waals surface area contributed by atoms with Crippen LogP contribution >= 0.6 is 0 Å². The molecule has 5 heteroatoms. The molecule has 0 aromatic heterocycles. The maximum Gasteiger partial charge on any atom is 0.236 e. The Bertz CT molecular complexity index is 421. The second-order valence-electron chi connectivity index (χ2n) is 6.64. The summed E-state index contributed by atoms with van der Waals surface area (Å²) in [7, 11) is -3.09. The summed E-state index contributed by atoms with van der Waals surface area (Å²) in [5.74, 6) is 0.240. The standard InChI is InChI=1S/C18H36N2O2S/c1-3-5-6-7-8-9-10-11-12-13-14-19-15-16-20(18-19)23(21,22)17-4-2/h15-16H,3-14,17-18H2,1-2H3. The lowest BCUT2D eigenvalue weighted by Gasteiger charge is -2.20. The number of sulfonamides is 1. The summed E-state index contributed by atoms with van der Waals surface area (Å²) in [6.45, 7) is 5.62. The highest BCUT2D eigenvalue weighted by Gasteiger charge is 2.22. The van der Waals surface area contributed by atoms with E-state index in [1.807, 2.05) is 13.1 Å². The first-order valence-corrected chi connectivity index (χ1v) is 11.1. The van der Waals surface area contributed by atoms with Crippen molar-refractivity contribution in [3.8, 4) is 0 Å². The minimum absolute atomic E-state index is 0.240. The zero-order valence-electron chi connectivity index (χ0n) is 15.2. The molecule has 0 bridgehead atoms. The van der Waals surface area contributed by atoms with Crippen LogP contribution < -0.4 is 0 Å². The Kier molecular flexibility index (Phi) is 10.4. The Morgan fingerprint density at radius 3 is 1.91 bits per heavy atom. The van der Waals surface area contributed by atoms with Crippen LogP contribution in [0.15, 0.2) is 12.4 Å². The first kappa shape index (κ1) is 20.3. The van der Waals surface area contributed by atoms with E-state index in [4.69, 9.17) is 0 Å². The largest absolute Gasteiger partial charge is 0.358 e. The van der Waals surface area contributed by atoms with Crippen molar-refractivity contribution in [1.82, 2.24) is 9.21 Å². The fraction of sp³-hybridized carbons (Fsp3) is 0.889. The first-order chi connectivity index (χ1) is 11.1. The fourth-order valence-corrected chi connectivity index (χ4v) is 4.26. The summed E-state index contributed by atoms with van der Waals surface area (Å²) in [4.78, 5) is 2.11. The number of unbranched alkanes of at least 4 members (excludes halogenated alkanes) is 9. The van der Waals surface area contributed by atoms with E-state index in [2.05, 4.69) is 11.8 Å². The van der Waals surface area contributed by atoms with E-state index in [0.717, 1.165) is 13.0 Å². The predicted octanol–water partition coefficient (Wildman–Crippen LogP) is 4.69. The van der Waals surface area contributed by atoms with Crippen LogP contribution in [0.4, 0.5) is 0 Å². The highest BCUT2D eigenvalue weighted by atomic mass is 32.2. The van der Waals surface area contributed by atoms with Crippen molar-refractivity contribution in [1.29, 1.82) is 0 Å². The topological polar surface area (TPSA) is 40.6 Å². The normalized spacial score (nSPS) is 14.9. The van der Waals surface area contributed by atoms with Crippen molar-refractivity contribution in [2.75, 3.05) is 19.0 Å². The maximum atomic E-state index is 12.0. The summed E-state index contributed by atoms with van der Waals surface area (Å²) >= 11 is 0. The molecule has 136 valence electrons. The van der Waals surface area contributed by atoms with Crippen LogP contribution in [0.2, 0.25) is 0 Å². The Labute approximate surface area is 144 Å². The molecule has 1 heterocycles. The van der Waals surface area contributed by atoms with E-state index in [0.29, 0.717) is 13.1 Å². The third-order valence-electron chi connectivity index (χ3n) is 4.38. The van der Waals surface area contributed by atoms with Crippen molar-refractivity contribution in [3.63, 3.8) is 0 Å². The predicted molar refractivity (Wildman–Crippen MR) is 98.5 cm³/mol. The highest BCUT2D eigenvalue weighted by molar-refractivity contribution is 7.89. The van der Waals surface area contributed by atoms with Gasteiger partial charge in [0.15, 0.2) is 0 Å². The molecule has 23 heavy (non-hydrogen) atoms. The Morgan fingerprint density at radius 2 is 1.35 bits per heavy atom. The minimum Gasteiger partial charge on any atom is -0.358 e. The molecule has 0 aromatic rings. The van der Waals surface area contributed by atoms with Gasteiger partial charge in [-0.15, -0.1) is 0 Å². The van der Waals surface area contributed by atoms with Crippen LogP contribution in [0, 0.1) is 0 Å². The molecule has 0 radical (unpaired) electrons. The number of hydrogen-bond donors (Lipinski definition) is 0. The van der Waals surface area contributed by atoms with E-state index in [1.165, 1.54) is 62.1 Å². The monoisotopic (exact) mass is 344 g/mol. The second kappa shape index (κ2) is 11.8. The molecule has 1 rings (SSSR count). The van der Waals surface area contributed by atoms with Crippen molar-refractivity contribution in [3.05, 3.63) is 12.4 Å². The summed E-state index contributed by atoms with van der Waals surface area (Å²) in [6.07, 6.45) is 17.6. The SMILES string of the molecule is CCCCCCCCCCCCN1C=CN(S(=O)(=O)CCC)C1. The van der Waals surface area contributed by atoms with Crippen LogP contribution in [-0.2, 0) is 10.0 Å². The molecule has 0 amide bonds. The summed E-state index contributed by atoms with van der Waals surface area (Å²) in [5.41, 5.74) is 0. The molecule has 0 spiro atoms. The van der Waals surface area contributed by atoms with E-state index >= 15 is 0 Å². The van der Waals surface area contributed by atoms with E-state index < -0.39 is 10.0 Å². The summed E-state index contributed by atoms with van der Waals surface area (Å²) < 4.78 is 25.4. The summed E-state index contributed by atoms with van der Waals surface area (Å²) in [6, 6.07) is 0. The van der Waals surface area contributed by atoms with Gasteiger partial charge in [-0.1, -0.05) is 71.6 Å². The fourth-order valence-electron chi connectivity index (χ4n) is 2.95. The Balaban J connectivity index is 1.98. The average Bonchev–Trinajstić information content (AvgIpc) is 2.99. The van der Waals surface area contributed by atoms with E-state index in [9.17, 15) is 8.42 Å². The van der Waals surface area contributed by atoms with Crippen molar-refractivity contribution in [2.24, 2.45) is 0 Å². The molecule has 0 fully saturated rings. The molecule has 0 unspecified atom stereocenters. The highest BCUT2D eigenvalue weighted by Crippen LogP contribution is 2.15. The third-order valence-corrected chi connectivity index (χ3v) is 6.26. The van der Waals surface area contributed by atoms with Crippen molar-refractivity contribution >= 4 is 10.0 Å². The van der Waals surface area contributed by atoms with Gasteiger partial charge in [-0.05, 0) is 12.8 Å². The van der Waals surface area contributed by atoms with Gasteiger partial charge in [0.05, 0.1) is 5.75 Å². The average molecular weight is 345 g/mol. The molecule has 1 aliphatic rings. The van der Waals surface area contributed by atoms with Gasteiger partial charge in [-0.2, -0.15) is 0 Å². The maximum absolute atomic E-state index is 12.0. The second-order valence-corrected chi connectivity index (χ2v) is 8.68. The van der Waals surface area contributed by atoms with Crippen LogP contribution in [0.1, 0.15) is 84.5 Å². The third kappa shape index (κ3) is 8.63. The molecular formula is C18H36N2O2S. The van der Waals surface area contributed by atoms with Crippen molar-refractivity contribution in [2.45, 2.75) is 84.5 Å². The lowest BCUT2D eigenvalue weighted by molar-refractivity contribution is 0.324. The molecule has 0 aliphatic carbocycles. The van der Waals surface area contributed by atoms with Gasteiger partial charge >= 0.3 is 0 Å². The molecule has 1 aliphatic heterocycles. The smallest absolute Gasteiger partial charge is 0.236 e. The van der Waals surface area contributed by atoms with Gasteiger partial charge in [0.25, 0.3) is 0 Å². The van der Waals surface area contributed by atoms with Gasteiger partial charge in [-0.25, -0.2) is 8.42 Å². The zero-order valence-corrected chi connectivity index (χ0v) is 16.0. The number of nitrogens with zero attached hydrogens (tertiary/aromatic N) is 2. The van der Waals surface area contributed by atoms with Crippen LogP contribution in [0.5, 0.6) is 0 Å². The molecule has 0 saturated carbocycles. The van der Waals surface area contributed by atoms with Gasteiger partial charge in [-0.3, -0.25) is 4.31 Å². The number of rotatable bonds is 14. The molecule has 0 aromatic carbocycles. The Hall–Kier alpha value is -0.710. The van der Waals surface area contributed by atoms with Crippen LogP contribution in [0.3, 0.4) is 0 Å². The van der Waals surface area contributed by atoms with E-state index in [-0.39, 0.29) is 5.75 Å². The van der Waals surface area contributed by atoms with Crippen molar-refractivity contribution < 1.29 is 8.42 Å². The molecule has 0 atom stereocenters. The van der Waals surface area contributed by atoms with Gasteiger partial charge in [0, 0.05) is 18.9 Å². The molecular weight excluding hydrogens is 308 g/mol.